The van der Waals surface area contributed by atoms with Gasteiger partial charge in [0.1, 0.15) is 18.0 Å². The van der Waals surface area contributed by atoms with Crippen LogP contribution < -0.4 is 10.2 Å². The Balaban J connectivity index is 1.23. The highest BCUT2D eigenvalue weighted by atomic mass is 16.6. The van der Waals surface area contributed by atoms with Crippen molar-refractivity contribution in [3.63, 3.8) is 0 Å². The number of ether oxygens (including phenoxy) is 2. The molecule has 3 aliphatic rings. The van der Waals surface area contributed by atoms with Gasteiger partial charge in [0, 0.05) is 45.5 Å². The van der Waals surface area contributed by atoms with Crippen molar-refractivity contribution in [1.29, 1.82) is 0 Å². The smallest absolute Gasteiger partial charge is 0.415 e. The van der Waals surface area contributed by atoms with Gasteiger partial charge in [0.25, 0.3) is 0 Å². The lowest BCUT2D eigenvalue weighted by molar-refractivity contribution is 0.00941. The summed E-state index contributed by atoms with van der Waals surface area (Å²) in [7, 11) is 1.65. The summed E-state index contributed by atoms with van der Waals surface area (Å²) < 4.78 is 10.7. The minimum Gasteiger partial charge on any atom is -0.444 e. The van der Waals surface area contributed by atoms with Crippen LogP contribution >= 0.6 is 0 Å². The molecular formula is C29H40N6O4. The van der Waals surface area contributed by atoms with Crippen LogP contribution in [-0.2, 0) is 16.1 Å². The molecule has 2 amide bonds. The Hall–Kier alpha value is -3.40. The van der Waals surface area contributed by atoms with Crippen LogP contribution in [-0.4, -0.2) is 70.8 Å². The number of benzene rings is 1. The van der Waals surface area contributed by atoms with E-state index >= 15 is 0 Å². The molecule has 5 rings (SSSR count). The van der Waals surface area contributed by atoms with E-state index in [0.29, 0.717) is 30.9 Å². The van der Waals surface area contributed by atoms with Gasteiger partial charge in [0.15, 0.2) is 0 Å². The summed E-state index contributed by atoms with van der Waals surface area (Å²) in [4.78, 5) is 39.1. The zero-order chi connectivity index (χ0) is 27.7. The van der Waals surface area contributed by atoms with Crippen LogP contribution in [0.5, 0.6) is 0 Å². The summed E-state index contributed by atoms with van der Waals surface area (Å²) in [6, 6.07) is 9.14. The molecule has 210 valence electrons. The summed E-state index contributed by atoms with van der Waals surface area (Å²) >= 11 is 0. The van der Waals surface area contributed by atoms with E-state index in [9.17, 15) is 9.59 Å². The van der Waals surface area contributed by atoms with Crippen LogP contribution in [0.25, 0.3) is 0 Å². The van der Waals surface area contributed by atoms with Crippen molar-refractivity contribution in [3.8, 4) is 0 Å². The van der Waals surface area contributed by atoms with Crippen LogP contribution in [0.4, 0.5) is 21.4 Å². The van der Waals surface area contributed by atoms with Gasteiger partial charge >= 0.3 is 12.2 Å². The number of piperazine rings is 1. The van der Waals surface area contributed by atoms with Gasteiger partial charge in [-0.1, -0.05) is 37.1 Å². The van der Waals surface area contributed by atoms with E-state index in [1.807, 2.05) is 25.7 Å². The standard InChI is InChI=1S/C29H40N6O4/c1-19(31-26-30-17-23-18-38-27(36)33(5)25(23)32-26)21-8-10-22(11-9-21)24(16-20-6-7-20)34-12-14-35(15-13-34)28(37)39-29(2,3)4/h8-11,17,19-20,24H,6-7,12-16,18H2,1-5H3,(H,30,31,32)/t19-,24?/m0/s1. The van der Waals surface area contributed by atoms with Crippen LogP contribution in [0, 0.1) is 5.92 Å². The summed E-state index contributed by atoms with van der Waals surface area (Å²) in [5.74, 6) is 1.83. The van der Waals surface area contributed by atoms with E-state index in [0.717, 1.165) is 36.6 Å². The fourth-order valence-electron chi connectivity index (χ4n) is 5.17. The van der Waals surface area contributed by atoms with Crippen molar-refractivity contribution >= 4 is 24.0 Å². The molecule has 1 aliphatic carbocycles. The Morgan fingerprint density at radius 3 is 2.44 bits per heavy atom. The van der Waals surface area contributed by atoms with Gasteiger partial charge in [-0.05, 0) is 51.2 Å². The second kappa shape index (κ2) is 11.0. The van der Waals surface area contributed by atoms with Crippen LogP contribution in [0.1, 0.15) is 75.7 Å². The van der Waals surface area contributed by atoms with E-state index in [1.54, 1.807) is 13.2 Å². The Morgan fingerprint density at radius 2 is 1.79 bits per heavy atom. The lowest BCUT2D eigenvalue weighted by Crippen LogP contribution is -2.50. The maximum Gasteiger partial charge on any atom is 0.415 e. The molecule has 10 nitrogen and oxygen atoms in total. The maximum atomic E-state index is 12.5. The fraction of sp³-hybridized carbons (Fsp3) is 0.586. The first-order chi connectivity index (χ1) is 18.6. The van der Waals surface area contributed by atoms with Gasteiger partial charge in [-0.2, -0.15) is 4.98 Å². The van der Waals surface area contributed by atoms with Gasteiger partial charge in [0.05, 0.1) is 11.6 Å². The SMILES string of the molecule is C[C@H](Nc1ncc2c(n1)N(C)C(=O)OC2)c1ccc(C(CC2CC2)N2CCN(C(=O)OC(C)(C)C)CC2)cc1. The van der Waals surface area contributed by atoms with E-state index in [1.165, 1.54) is 23.3 Å². The first-order valence-electron chi connectivity index (χ1n) is 13.9. The van der Waals surface area contributed by atoms with Crippen molar-refractivity contribution in [1.82, 2.24) is 19.8 Å². The Bertz CT molecular complexity index is 1190. The van der Waals surface area contributed by atoms with Crippen LogP contribution in [0.2, 0.25) is 0 Å². The molecule has 2 aliphatic heterocycles. The minimum atomic E-state index is -0.479. The van der Waals surface area contributed by atoms with Gasteiger partial charge < -0.3 is 19.7 Å². The number of rotatable bonds is 7. The largest absolute Gasteiger partial charge is 0.444 e. The average Bonchev–Trinajstić information content (AvgIpc) is 3.73. The molecule has 1 aromatic carbocycles. The van der Waals surface area contributed by atoms with Crippen LogP contribution in [0.3, 0.4) is 0 Å². The predicted octanol–water partition coefficient (Wildman–Crippen LogP) is 5.13. The highest BCUT2D eigenvalue weighted by molar-refractivity contribution is 5.88. The molecule has 1 unspecified atom stereocenters. The number of nitrogens with one attached hydrogen (secondary N) is 1. The molecule has 1 saturated heterocycles. The molecule has 1 aromatic heterocycles. The third kappa shape index (κ3) is 6.61. The monoisotopic (exact) mass is 536 g/mol. The lowest BCUT2D eigenvalue weighted by Gasteiger charge is -2.40. The van der Waals surface area contributed by atoms with E-state index < -0.39 is 11.7 Å². The number of fused-ring (bicyclic) bond motifs is 1. The highest BCUT2D eigenvalue weighted by Gasteiger charge is 2.33. The topological polar surface area (TPSA) is 100 Å². The number of cyclic esters (lactones) is 1. The first kappa shape index (κ1) is 27.2. The molecule has 2 aromatic rings. The van der Waals surface area contributed by atoms with Gasteiger partial charge in [0.2, 0.25) is 5.95 Å². The third-order valence-electron chi connectivity index (χ3n) is 7.61. The molecule has 2 fully saturated rings. The molecule has 39 heavy (non-hydrogen) atoms. The number of nitrogens with zero attached hydrogens (tertiary/aromatic N) is 5. The summed E-state index contributed by atoms with van der Waals surface area (Å²) in [5, 5.41) is 3.37. The minimum absolute atomic E-state index is 0.0165. The molecular weight excluding hydrogens is 496 g/mol. The van der Waals surface area contributed by atoms with Gasteiger partial charge in [-0.3, -0.25) is 9.80 Å². The molecule has 0 spiro atoms. The zero-order valence-electron chi connectivity index (χ0n) is 23.6. The number of hydrogen-bond acceptors (Lipinski definition) is 8. The van der Waals surface area contributed by atoms with E-state index in [4.69, 9.17) is 9.47 Å². The number of hydrogen-bond donors (Lipinski definition) is 1. The second-order valence-corrected chi connectivity index (χ2v) is 11.9. The number of anilines is 2. The molecule has 0 bridgehead atoms. The lowest BCUT2D eigenvalue weighted by atomic mass is 9.96. The maximum absolute atomic E-state index is 12.5. The second-order valence-electron chi connectivity index (χ2n) is 11.9. The Labute approximate surface area is 230 Å². The quantitative estimate of drug-likeness (QED) is 0.520. The molecule has 1 saturated carbocycles. The average molecular weight is 537 g/mol. The number of carbonyl (C=O) groups excluding carboxylic acids is 2. The fourth-order valence-corrected chi connectivity index (χ4v) is 5.17. The third-order valence-corrected chi connectivity index (χ3v) is 7.61. The Morgan fingerprint density at radius 1 is 1.13 bits per heavy atom. The van der Waals surface area contributed by atoms with Crippen LogP contribution in [0.15, 0.2) is 30.5 Å². The molecule has 0 radical (unpaired) electrons. The normalized spacial score (nSPS) is 19.7. The summed E-state index contributed by atoms with van der Waals surface area (Å²) in [5.41, 5.74) is 2.75. The summed E-state index contributed by atoms with van der Waals surface area (Å²) in [6.45, 7) is 11.0. The highest BCUT2D eigenvalue weighted by Crippen LogP contribution is 2.40. The molecule has 3 heterocycles. The Kier molecular flexibility index (Phi) is 7.66. The molecule has 1 N–H and O–H groups in total. The van der Waals surface area contributed by atoms with Crippen molar-refractivity contribution in [2.24, 2.45) is 5.92 Å². The predicted molar refractivity (Wildman–Crippen MR) is 149 cm³/mol. The van der Waals surface area contributed by atoms with Gasteiger partial charge in [-0.15, -0.1) is 0 Å². The van der Waals surface area contributed by atoms with E-state index in [2.05, 4.69) is 51.4 Å². The van der Waals surface area contributed by atoms with Crippen molar-refractivity contribution in [2.75, 3.05) is 43.4 Å². The number of aromatic nitrogens is 2. The summed E-state index contributed by atoms with van der Waals surface area (Å²) in [6.07, 6.45) is 4.83. The number of carbonyl (C=O) groups is 2. The first-order valence-corrected chi connectivity index (χ1v) is 13.9. The zero-order valence-corrected chi connectivity index (χ0v) is 23.6. The van der Waals surface area contributed by atoms with Crippen molar-refractivity contribution in [2.45, 2.75) is 71.2 Å². The van der Waals surface area contributed by atoms with E-state index in [-0.39, 0.29) is 18.7 Å². The molecule has 10 heteroatoms. The van der Waals surface area contributed by atoms with Gasteiger partial charge in [-0.25, -0.2) is 14.6 Å². The molecule has 2 atom stereocenters. The van der Waals surface area contributed by atoms with Crippen molar-refractivity contribution < 1.29 is 19.1 Å². The van der Waals surface area contributed by atoms with Crippen molar-refractivity contribution in [3.05, 3.63) is 47.2 Å². The number of amides is 2.